The van der Waals surface area contributed by atoms with E-state index >= 15 is 0 Å². The summed E-state index contributed by atoms with van der Waals surface area (Å²) in [5.74, 6) is -0.0925. The van der Waals surface area contributed by atoms with Crippen molar-refractivity contribution in [2.45, 2.75) is 110 Å². The molecule has 0 saturated heterocycles. The zero-order chi connectivity index (χ0) is 17.0. The molecule has 3 nitrogen and oxygen atoms in total. The van der Waals surface area contributed by atoms with Gasteiger partial charge in [0, 0.05) is 6.42 Å². The van der Waals surface area contributed by atoms with Gasteiger partial charge in [0.1, 0.15) is 0 Å². The van der Waals surface area contributed by atoms with Crippen molar-refractivity contribution in [2.24, 2.45) is 5.73 Å². The molecule has 24 heavy (non-hydrogen) atoms. The first-order valence-corrected chi connectivity index (χ1v) is 10.2. The lowest BCUT2D eigenvalue weighted by Gasteiger charge is -2.05. The number of hydrogen-bond acceptors (Lipinski definition) is 3. The molecule has 0 aliphatic carbocycles. The molecule has 0 radical (unpaired) electrons. The van der Waals surface area contributed by atoms with E-state index in [1.807, 2.05) is 0 Å². The molecular formula is C20H42ClNO2. The first-order chi connectivity index (χ1) is 11.3. The number of nitrogens with two attached hydrogens (primary N) is 1. The Balaban J connectivity index is 0. The SMILES string of the molecule is CCCCCCCCCCCCCCCCOC(=O)CCCN.Cl. The van der Waals surface area contributed by atoms with Crippen LogP contribution in [0.25, 0.3) is 0 Å². The molecule has 0 spiro atoms. The van der Waals surface area contributed by atoms with Crippen LogP contribution < -0.4 is 5.73 Å². The standard InChI is InChI=1S/C20H41NO2.ClH/c1-2-3-4-5-6-7-8-9-10-11-12-13-14-15-19-23-20(22)17-16-18-21;/h2-19,21H2,1H3;1H. The highest BCUT2D eigenvalue weighted by Crippen LogP contribution is 2.12. The summed E-state index contributed by atoms with van der Waals surface area (Å²) in [5, 5.41) is 0. The number of ether oxygens (including phenoxy) is 1. The Labute approximate surface area is 156 Å². The summed E-state index contributed by atoms with van der Waals surface area (Å²) in [6.07, 6.45) is 20.1. The van der Waals surface area contributed by atoms with Crippen LogP contribution in [0.15, 0.2) is 0 Å². The van der Waals surface area contributed by atoms with Crippen LogP contribution in [0.5, 0.6) is 0 Å². The van der Waals surface area contributed by atoms with Crippen molar-refractivity contribution < 1.29 is 9.53 Å². The third-order valence-corrected chi connectivity index (χ3v) is 4.35. The molecule has 2 N–H and O–H groups in total. The van der Waals surface area contributed by atoms with Gasteiger partial charge in [0.25, 0.3) is 0 Å². The average Bonchev–Trinajstić information content (AvgIpc) is 2.56. The second-order valence-corrected chi connectivity index (χ2v) is 6.71. The van der Waals surface area contributed by atoms with Gasteiger partial charge < -0.3 is 10.5 Å². The highest BCUT2D eigenvalue weighted by Gasteiger charge is 2.01. The summed E-state index contributed by atoms with van der Waals surface area (Å²) in [4.78, 5) is 11.3. The largest absolute Gasteiger partial charge is 0.466 e. The van der Waals surface area contributed by atoms with Crippen molar-refractivity contribution in [3.63, 3.8) is 0 Å². The minimum atomic E-state index is -0.0925. The Bertz CT molecular complexity index is 250. The molecule has 0 aliphatic rings. The molecule has 146 valence electrons. The predicted octanol–water partition coefficient (Wildman–Crippen LogP) is 6.17. The molecule has 0 aromatic carbocycles. The fraction of sp³-hybridized carbons (Fsp3) is 0.950. The molecule has 0 bridgehead atoms. The van der Waals surface area contributed by atoms with E-state index in [1.54, 1.807) is 0 Å². The summed E-state index contributed by atoms with van der Waals surface area (Å²) in [6.45, 7) is 3.42. The summed E-state index contributed by atoms with van der Waals surface area (Å²) < 4.78 is 5.16. The first kappa shape index (κ1) is 26.0. The van der Waals surface area contributed by atoms with Gasteiger partial charge in [-0.05, 0) is 19.4 Å². The van der Waals surface area contributed by atoms with E-state index in [2.05, 4.69) is 6.92 Å². The minimum Gasteiger partial charge on any atom is -0.466 e. The van der Waals surface area contributed by atoms with Crippen LogP contribution in [0.4, 0.5) is 0 Å². The molecule has 0 fully saturated rings. The molecule has 0 heterocycles. The molecule has 0 rings (SSSR count). The third kappa shape index (κ3) is 21.7. The number of carbonyl (C=O) groups excluding carboxylic acids is 1. The summed E-state index contributed by atoms with van der Waals surface area (Å²) in [6, 6.07) is 0. The third-order valence-electron chi connectivity index (χ3n) is 4.35. The Morgan fingerprint density at radius 2 is 1.12 bits per heavy atom. The van der Waals surface area contributed by atoms with Crippen molar-refractivity contribution in [1.82, 2.24) is 0 Å². The summed E-state index contributed by atoms with van der Waals surface area (Å²) in [5.41, 5.74) is 5.35. The first-order valence-electron chi connectivity index (χ1n) is 10.2. The van der Waals surface area contributed by atoms with Crippen LogP contribution >= 0.6 is 12.4 Å². The van der Waals surface area contributed by atoms with E-state index in [0.29, 0.717) is 19.6 Å². The Kier molecular flexibility index (Phi) is 24.6. The van der Waals surface area contributed by atoms with Gasteiger partial charge in [-0.25, -0.2) is 0 Å². The summed E-state index contributed by atoms with van der Waals surface area (Å²) in [7, 11) is 0. The quantitative estimate of drug-likeness (QED) is 0.234. The number of esters is 1. The van der Waals surface area contributed by atoms with E-state index < -0.39 is 0 Å². The molecular weight excluding hydrogens is 322 g/mol. The fourth-order valence-electron chi connectivity index (χ4n) is 2.80. The second-order valence-electron chi connectivity index (χ2n) is 6.71. The van der Waals surface area contributed by atoms with Crippen molar-refractivity contribution in [2.75, 3.05) is 13.2 Å². The molecule has 0 atom stereocenters. The number of carbonyl (C=O) groups is 1. The highest BCUT2D eigenvalue weighted by molar-refractivity contribution is 5.85. The minimum absolute atomic E-state index is 0. The Hall–Kier alpha value is -0.280. The Morgan fingerprint density at radius 3 is 1.54 bits per heavy atom. The van der Waals surface area contributed by atoms with E-state index in [4.69, 9.17) is 10.5 Å². The molecule has 0 unspecified atom stereocenters. The van der Waals surface area contributed by atoms with E-state index in [9.17, 15) is 4.79 Å². The van der Waals surface area contributed by atoms with Gasteiger partial charge in [0.05, 0.1) is 6.61 Å². The van der Waals surface area contributed by atoms with Crippen molar-refractivity contribution in [1.29, 1.82) is 0 Å². The van der Waals surface area contributed by atoms with Crippen molar-refractivity contribution >= 4 is 18.4 Å². The highest BCUT2D eigenvalue weighted by atomic mass is 35.5. The number of unbranched alkanes of at least 4 members (excludes halogenated alkanes) is 13. The lowest BCUT2D eigenvalue weighted by atomic mass is 10.0. The maximum absolute atomic E-state index is 11.3. The van der Waals surface area contributed by atoms with Gasteiger partial charge in [0.15, 0.2) is 0 Å². The molecule has 0 saturated carbocycles. The van der Waals surface area contributed by atoms with E-state index in [0.717, 1.165) is 12.8 Å². The monoisotopic (exact) mass is 363 g/mol. The van der Waals surface area contributed by atoms with Gasteiger partial charge in [-0.1, -0.05) is 90.4 Å². The van der Waals surface area contributed by atoms with Crippen LogP contribution in [-0.4, -0.2) is 19.1 Å². The maximum Gasteiger partial charge on any atom is 0.305 e. The maximum atomic E-state index is 11.3. The lowest BCUT2D eigenvalue weighted by Crippen LogP contribution is -2.08. The van der Waals surface area contributed by atoms with Gasteiger partial charge in [-0.15, -0.1) is 12.4 Å². The van der Waals surface area contributed by atoms with Crippen molar-refractivity contribution in [3.05, 3.63) is 0 Å². The van der Waals surface area contributed by atoms with Gasteiger partial charge >= 0.3 is 5.97 Å². The van der Waals surface area contributed by atoms with Crippen LogP contribution in [0.1, 0.15) is 110 Å². The van der Waals surface area contributed by atoms with Crippen LogP contribution in [0, 0.1) is 0 Å². The van der Waals surface area contributed by atoms with Gasteiger partial charge in [-0.3, -0.25) is 4.79 Å². The Morgan fingerprint density at radius 1 is 0.708 bits per heavy atom. The van der Waals surface area contributed by atoms with Crippen LogP contribution in [0.2, 0.25) is 0 Å². The van der Waals surface area contributed by atoms with E-state index in [1.165, 1.54) is 83.5 Å². The number of hydrogen-bond donors (Lipinski definition) is 1. The van der Waals surface area contributed by atoms with E-state index in [-0.39, 0.29) is 18.4 Å². The molecule has 0 aliphatic heterocycles. The zero-order valence-electron chi connectivity index (χ0n) is 16.0. The molecule has 0 amide bonds. The van der Waals surface area contributed by atoms with Crippen LogP contribution in [0.3, 0.4) is 0 Å². The normalized spacial score (nSPS) is 10.4. The lowest BCUT2D eigenvalue weighted by molar-refractivity contribution is -0.143. The molecule has 0 aromatic heterocycles. The van der Waals surface area contributed by atoms with Crippen molar-refractivity contribution in [3.8, 4) is 0 Å². The van der Waals surface area contributed by atoms with Crippen LogP contribution in [-0.2, 0) is 9.53 Å². The molecule has 0 aromatic rings. The van der Waals surface area contributed by atoms with Gasteiger partial charge in [0.2, 0.25) is 0 Å². The fourth-order valence-corrected chi connectivity index (χ4v) is 2.80. The average molecular weight is 364 g/mol. The topological polar surface area (TPSA) is 52.3 Å². The molecule has 4 heteroatoms. The second kappa shape index (κ2) is 22.7. The number of rotatable bonds is 18. The van der Waals surface area contributed by atoms with Gasteiger partial charge in [-0.2, -0.15) is 0 Å². The smallest absolute Gasteiger partial charge is 0.305 e. The zero-order valence-corrected chi connectivity index (χ0v) is 16.8. The number of halogens is 1. The predicted molar refractivity (Wildman–Crippen MR) is 107 cm³/mol. The summed E-state index contributed by atoms with van der Waals surface area (Å²) >= 11 is 0.